The van der Waals surface area contributed by atoms with Crippen molar-refractivity contribution in [2.75, 3.05) is 26.2 Å². The van der Waals surface area contributed by atoms with E-state index in [4.69, 9.17) is 5.11 Å². The van der Waals surface area contributed by atoms with Crippen LogP contribution >= 0.6 is 0 Å². The van der Waals surface area contributed by atoms with Crippen molar-refractivity contribution >= 4 is 11.9 Å². The Morgan fingerprint density at radius 3 is 2.58 bits per heavy atom. The zero-order chi connectivity index (χ0) is 13.7. The minimum atomic E-state index is -0.714. The maximum atomic E-state index is 11.7. The average Bonchev–Trinajstić information content (AvgIpc) is 3.04. The highest BCUT2D eigenvalue weighted by molar-refractivity contribution is 5.76. The van der Waals surface area contributed by atoms with E-state index in [1.807, 2.05) is 0 Å². The van der Waals surface area contributed by atoms with Crippen LogP contribution in [0.25, 0.3) is 0 Å². The van der Waals surface area contributed by atoms with Crippen LogP contribution in [0.15, 0.2) is 0 Å². The first-order valence-electron chi connectivity index (χ1n) is 7.38. The number of likely N-dealkylation sites (tertiary alicyclic amines) is 1. The van der Waals surface area contributed by atoms with Crippen LogP contribution in [-0.2, 0) is 9.59 Å². The molecule has 2 rings (SSSR count). The summed E-state index contributed by atoms with van der Waals surface area (Å²) in [5.74, 6) is -0.802. The maximum absolute atomic E-state index is 11.7. The van der Waals surface area contributed by atoms with Crippen molar-refractivity contribution in [1.82, 2.24) is 10.2 Å². The highest BCUT2D eigenvalue weighted by Gasteiger charge is 2.32. The van der Waals surface area contributed by atoms with Gasteiger partial charge in [0.25, 0.3) is 0 Å². The first kappa shape index (κ1) is 14.3. The molecule has 1 heterocycles. The predicted molar refractivity (Wildman–Crippen MR) is 71.8 cm³/mol. The number of hydrogen-bond acceptors (Lipinski definition) is 3. The molecule has 0 radical (unpaired) electrons. The summed E-state index contributed by atoms with van der Waals surface area (Å²) >= 11 is 0. The van der Waals surface area contributed by atoms with Crippen LogP contribution in [0.1, 0.15) is 38.5 Å². The topological polar surface area (TPSA) is 69.6 Å². The normalized spacial score (nSPS) is 27.6. The highest BCUT2D eigenvalue weighted by atomic mass is 16.4. The number of carboxylic acids is 1. The van der Waals surface area contributed by atoms with Crippen molar-refractivity contribution in [1.29, 1.82) is 0 Å². The largest absolute Gasteiger partial charge is 0.481 e. The molecule has 2 unspecified atom stereocenters. The summed E-state index contributed by atoms with van der Waals surface area (Å²) in [7, 11) is 0. The van der Waals surface area contributed by atoms with E-state index in [2.05, 4.69) is 10.2 Å². The van der Waals surface area contributed by atoms with E-state index in [1.165, 1.54) is 12.8 Å². The Morgan fingerprint density at radius 2 is 1.89 bits per heavy atom. The average molecular weight is 268 g/mol. The van der Waals surface area contributed by atoms with E-state index < -0.39 is 5.97 Å². The van der Waals surface area contributed by atoms with E-state index in [0.29, 0.717) is 13.0 Å². The quantitative estimate of drug-likeness (QED) is 0.756. The molecule has 5 heteroatoms. The third-order valence-corrected chi connectivity index (χ3v) is 4.39. The van der Waals surface area contributed by atoms with Crippen LogP contribution in [-0.4, -0.2) is 48.1 Å². The zero-order valence-electron chi connectivity index (χ0n) is 11.4. The number of nitrogens with one attached hydrogen (secondary N) is 1. The van der Waals surface area contributed by atoms with Crippen molar-refractivity contribution < 1.29 is 14.7 Å². The summed E-state index contributed by atoms with van der Waals surface area (Å²) in [6.07, 6.45) is 5.65. The van der Waals surface area contributed by atoms with Gasteiger partial charge in [-0.2, -0.15) is 0 Å². The monoisotopic (exact) mass is 268 g/mol. The molecule has 1 aliphatic carbocycles. The standard InChI is InChI=1S/C14H24N2O3/c17-13(6-9-16-7-1-2-8-16)15-10-11-4-3-5-12(11)14(18)19/h11-12H,1-10H2,(H,15,17)(H,18,19). The summed E-state index contributed by atoms with van der Waals surface area (Å²) in [5.41, 5.74) is 0. The summed E-state index contributed by atoms with van der Waals surface area (Å²) < 4.78 is 0. The van der Waals surface area contributed by atoms with Gasteiger partial charge in [-0.3, -0.25) is 9.59 Å². The molecule has 1 amide bonds. The molecule has 2 aliphatic rings. The molecule has 1 saturated heterocycles. The summed E-state index contributed by atoms with van der Waals surface area (Å²) in [6, 6.07) is 0. The van der Waals surface area contributed by atoms with Crippen molar-refractivity contribution in [3.63, 3.8) is 0 Å². The van der Waals surface area contributed by atoms with Crippen LogP contribution in [0.2, 0.25) is 0 Å². The van der Waals surface area contributed by atoms with Gasteiger partial charge >= 0.3 is 5.97 Å². The molecule has 2 atom stereocenters. The first-order chi connectivity index (χ1) is 9.16. The van der Waals surface area contributed by atoms with Gasteiger partial charge in [-0.25, -0.2) is 0 Å². The van der Waals surface area contributed by atoms with Crippen molar-refractivity contribution in [3.05, 3.63) is 0 Å². The maximum Gasteiger partial charge on any atom is 0.306 e. The number of carbonyl (C=O) groups is 2. The molecule has 1 aliphatic heterocycles. The van der Waals surface area contributed by atoms with Gasteiger partial charge in [-0.1, -0.05) is 6.42 Å². The molecule has 0 spiro atoms. The lowest BCUT2D eigenvalue weighted by molar-refractivity contribution is -0.143. The van der Waals surface area contributed by atoms with Gasteiger partial charge in [0.05, 0.1) is 5.92 Å². The summed E-state index contributed by atoms with van der Waals surface area (Å²) in [6.45, 7) is 3.57. The summed E-state index contributed by atoms with van der Waals surface area (Å²) in [5, 5.41) is 12.0. The van der Waals surface area contributed by atoms with Gasteiger partial charge in [0, 0.05) is 19.5 Å². The Kier molecular flexibility index (Phi) is 5.19. The van der Waals surface area contributed by atoms with Gasteiger partial charge in [0.2, 0.25) is 5.91 Å². The fourth-order valence-electron chi connectivity index (χ4n) is 3.21. The van der Waals surface area contributed by atoms with Crippen molar-refractivity contribution in [2.24, 2.45) is 11.8 Å². The minimum Gasteiger partial charge on any atom is -0.481 e. The Labute approximate surface area is 114 Å². The van der Waals surface area contributed by atoms with Crippen LogP contribution in [0.4, 0.5) is 0 Å². The number of carboxylic acid groups (broad SMARTS) is 1. The predicted octanol–water partition coefficient (Wildman–Crippen LogP) is 1.09. The smallest absolute Gasteiger partial charge is 0.306 e. The third-order valence-electron chi connectivity index (χ3n) is 4.39. The van der Waals surface area contributed by atoms with Gasteiger partial charge in [-0.05, 0) is 44.7 Å². The Balaban J connectivity index is 1.64. The molecular weight excluding hydrogens is 244 g/mol. The molecule has 2 N–H and O–H groups in total. The minimum absolute atomic E-state index is 0.0583. The van der Waals surface area contributed by atoms with Gasteiger partial charge in [0.15, 0.2) is 0 Å². The molecular formula is C14H24N2O3. The Hall–Kier alpha value is -1.10. The number of nitrogens with zero attached hydrogens (tertiary/aromatic N) is 1. The van der Waals surface area contributed by atoms with Gasteiger partial charge in [-0.15, -0.1) is 0 Å². The molecule has 19 heavy (non-hydrogen) atoms. The second-order valence-electron chi connectivity index (χ2n) is 5.74. The lowest BCUT2D eigenvalue weighted by atomic mass is 9.96. The molecule has 5 nitrogen and oxygen atoms in total. The molecule has 2 fully saturated rings. The van der Waals surface area contributed by atoms with Crippen LogP contribution in [0, 0.1) is 11.8 Å². The van der Waals surface area contributed by atoms with Crippen LogP contribution in [0.3, 0.4) is 0 Å². The fraction of sp³-hybridized carbons (Fsp3) is 0.857. The zero-order valence-corrected chi connectivity index (χ0v) is 11.4. The molecule has 0 aromatic carbocycles. The highest BCUT2D eigenvalue weighted by Crippen LogP contribution is 2.31. The molecule has 0 aromatic rings. The van der Waals surface area contributed by atoms with E-state index in [9.17, 15) is 9.59 Å². The Bertz CT molecular complexity index is 327. The first-order valence-corrected chi connectivity index (χ1v) is 7.38. The second-order valence-corrected chi connectivity index (χ2v) is 5.74. The lowest BCUT2D eigenvalue weighted by Gasteiger charge is -2.17. The van der Waals surface area contributed by atoms with Crippen molar-refractivity contribution in [2.45, 2.75) is 38.5 Å². The molecule has 0 aromatic heterocycles. The SMILES string of the molecule is O=C(CCN1CCCC1)NCC1CCCC1C(=O)O. The third kappa shape index (κ3) is 4.20. The van der Waals surface area contributed by atoms with Crippen LogP contribution in [0.5, 0.6) is 0 Å². The van der Waals surface area contributed by atoms with E-state index in [0.717, 1.165) is 38.9 Å². The van der Waals surface area contributed by atoms with Gasteiger partial charge in [0.1, 0.15) is 0 Å². The van der Waals surface area contributed by atoms with Crippen molar-refractivity contribution in [3.8, 4) is 0 Å². The second kappa shape index (κ2) is 6.89. The number of rotatable bonds is 6. The Morgan fingerprint density at radius 1 is 1.16 bits per heavy atom. The summed E-state index contributed by atoms with van der Waals surface area (Å²) in [4.78, 5) is 25.1. The van der Waals surface area contributed by atoms with Gasteiger partial charge < -0.3 is 15.3 Å². The molecule has 0 bridgehead atoms. The fourth-order valence-corrected chi connectivity index (χ4v) is 3.21. The van der Waals surface area contributed by atoms with E-state index in [-0.39, 0.29) is 17.7 Å². The molecule has 108 valence electrons. The lowest BCUT2D eigenvalue weighted by Crippen LogP contribution is -2.34. The van der Waals surface area contributed by atoms with E-state index >= 15 is 0 Å². The van der Waals surface area contributed by atoms with Crippen LogP contribution < -0.4 is 5.32 Å². The molecule has 1 saturated carbocycles. The number of hydrogen-bond donors (Lipinski definition) is 2. The number of carbonyl (C=O) groups excluding carboxylic acids is 1. The number of amides is 1. The van der Waals surface area contributed by atoms with E-state index in [1.54, 1.807) is 0 Å². The number of aliphatic carboxylic acids is 1.